The van der Waals surface area contributed by atoms with Crippen LogP contribution < -0.4 is 0 Å². The summed E-state index contributed by atoms with van der Waals surface area (Å²) < 4.78 is 0. The molecular weight excluding hydrogens is 228 g/mol. The maximum Gasteiger partial charge on any atom is 0.0991 e. The van der Waals surface area contributed by atoms with Gasteiger partial charge in [0.15, 0.2) is 0 Å². The zero-order valence-corrected chi connectivity index (χ0v) is 9.74. The maximum absolute atomic E-state index is 8.69. The highest BCUT2D eigenvalue weighted by atomic mass is 32.2. The Labute approximate surface area is 104 Å². The van der Waals surface area contributed by atoms with Gasteiger partial charge in [0.05, 0.1) is 23.3 Å². The van der Waals surface area contributed by atoms with Gasteiger partial charge in [0, 0.05) is 9.79 Å². The molecule has 0 unspecified atom stereocenters. The number of nitriles is 2. The fraction of sp³-hybridized carbons (Fsp3) is 0. The Morgan fingerprint density at radius 2 is 1.00 bits per heavy atom. The molecule has 2 aromatic rings. The smallest absolute Gasteiger partial charge is 0.0991 e. The molecular formula is C14H8N2S. The van der Waals surface area contributed by atoms with E-state index in [1.807, 2.05) is 24.3 Å². The van der Waals surface area contributed by atoms with E-state index in [1.54, 1.807) is 36.0 Å². The lowest BCUT2D eigenvalue weighted by Gasteiger charge is -2.01. The summed E-state index contributed by atoms with van der Waals surface area (Å²) in [5.74, 6) is 0. The first-order valence-corrected chi connectivity index (χ1v) is 5.81. The first kappa shape index (κ1) is 11.3. The van der Waals surface area contributed by atoms with Gasteiger partial charge in [-0.1, -0.05) is 11.8 Å². The molecule has 0 saturated heterocycles. The largest absolute Gasteiger partial charge is 0.192 e. The summed E-state index contributed by atoms with van der Waals surface area (Å²) in [5, 5.41) is 17.4. The standard InChI is InChI=1S/C14H8N2S/c15-9-11-1-5-13(6-2-11)17-14-7-3-12(10-16)4-8-14/h1-8H. The van der Waals surface area contributed by atoms with Crippen LogP contribution in [0.1, 0.15) is 11.1 Å². The van der Waals surface area contributed by atoms with E-state index >= 15 is 0 Å². The van der Waals surface area contributed by atoms with Crippen LogP contribution in [0.5, 0.6) is 0 Å². The second-order valence-electron chi connectivity index (χ2n) is 3.37. The highest BCUT2D eigenvalue weighted by Gasteiger charge is 1.98. The van der Waals surface area contributed by atoms with E-state index in [-0.39, 0.29) is 0 Å². The third-order valence-electron chi connectivity index (χ3n) is 2.20. The molecule has 0 aliphatic heterocycles. The summed E-state index contributed by atoms with van der Waals surface area (Å²) in [5.41, 5.74) is 1.32. The van der Waals surface area contributed by atoms with Gasteiger partial charge in [-0.15, -0.1) is 0 Å². The first-order chi connectivity index (χ1) is 8.31. The predicted octanol–water partition coefficient (Wildman–Crippen LogP) is 3.58. The van der Waals surface area contributed by atoms with Crippen LogP contribution in [0.2, 0.25) is 0 Å². The average Bonchev–Trinajstić information content (AvgIpc) is 2.40. The quantitative estimate of drug-likeness (QED) is 0.800. The number of rotatable bonds is 2. The van der Waals surface area contributed by atoms with Crippen LogP contribution >= 0.6 is 11.8 Å². The summed E-state index contributed by atoms with van der Waals surface area (Å²) >= 11 is 1.61. The summed E-state index contributed by atoms with van der Waals surface area (Å²) in [4.78, 5) is 2.16. The molecule has 0 saturated carbocycles. The molecule has 0 heterocycles. The van der Waals surface area contributed by atoms with Crippen molar-refractivity contribution in [2.24, 2.45) is 0 Å². The molecule has 2 rings (SSSR count). The Hall–Kier alpha value is -2.23. The molecule has 80 valence electrons. The van der Waals surface area contributed by atoms with E-state index in [0.29, 0.717) is 11.1 Å². The highest BCUT2D eigenvalue weighted by molar-refractivity contribution is 7.99. The van der Waals surface area contributed by atoms with Crippen molar-refractivity contribution in [3.63, 3.8) is 0 Å². The van der Waals surface area contributed by atoms with E-state index < -0.39 is 0 Å². The van der Waals surface area contributed by atoms with Crippen molar-refractivity contribution in [1.29, 1.82) is 10.5 Å². The van der Waals surface area contributed by atoms with Gasteiger partial charge in [0.2, 0.25) is 0 Å². The minimum absolute atomic E-state index is 0.661. The Balaban J connectivity index is 2.14. The van der Waals surface area contributed by atoms with Gasteiger partial charge in [-0.05, 0) is 48.5 Å². The fourth-order valence-corrected chi connectivity index (χ4v) is 2.15. The molecule has 0 N–H and O–H groups in total. The van der Waals surface area contributed by atoms with Crippen LogP contribution in [0.15, 0.2) is 58.3 Å². The Bertz CT molecular complexity index is 531. The Kier molecular flexibility index (Phi) is 3.45. The van der Waals surface area contributed by atoms with Crippen molar-refractivity contribution in [1.82, 2.24) is 0 Å². The third kappa shape index (κ3) is 2.87. The Morgan fingerprint density at radius 1 is 0.647 bits per heavy atom. The highest BCUT2D eigenvalue weighted by Crippen LogP contribution is 2.27. The third-order valence-corrected chi connectivity index (χ3v) is 3.22. The first-order valence-electron chi connectivity index (χ1n) is 5.00. The number of nitrogens with zero attached hydrogens (tertiary/aromatic N) is 2. The lowest BCUT2D eigenvalue weighted by Crippen LogP contribution is -1.77. The maximum atomic E-state index is 8.69. The summed E-state index contributed by atoms with van der Waals surface area (Å²) in [7, 11) is 0. The second kappa shape index (κ2) is 5.21. The van der Waals surface area contributed by atoms with Gasteiger partial charge in [-0.2, -0.15) is 10.5 Å². The molecule has 3 heteroatoms. The predicted molar refractivity (Wildman–Crippen MR) is 66.4 cm³/mol. The van der Waals surface area contributed by atoms with E-state index in [9.17, 15) is 0 Å². The molecule has 0 atom stereocenters. The van der Waals surface area contributed by atoms with Gasteiger partial charge in [0.25, 0.3) is 0 Å². The lowest BCUT2D eigenvalue weighted by molar-refractivity contribution is 1.37. The second-order valence-corrected chi connectivity index (χ2v) is 4.52. The minimum atomic E-state index is 0.661. The average molecular weight is 236 g/mol. The lowest BCUT2D eigenvalue weighted by atomic mass is 10.2. The van der Waals surface area contributed by atoms with E-state index in [2.05, 4.69) is 12.1 Å². The van der Waals surface area contributed by atoms with E-state index in [0.717, 1.165) is 9.79 Å². The van der Waals surface area contributed by atoms with Gasteiger partial charge >= 0.3 is 0 Å². The number of hydrogen-bond acceptors (Lipinski definition) is 3. The van der Waals surface area contributed by atoms with Crippen molar-refractivity contribution in [3.8, 4) is 12.1 Å². The van der Waals surface area contributed by atoms with Crippen molar-refractivity contribution in [2.75, 3.05) is 0 Å². The molecule has 0 fully saturated rings. The van der Waals surface area contributed by atoms with Gasteiger partial charge < -0.3 is 0 Å². The zero-order valence-electron chi connectivity index (χ0n) is 8.92. The van der Waals surface area contributed by atoms with E-state index in [1.165, 1.54) is 0 Å². The molecule has 0 aliphatic carbocycles. The summed E-state index contributed by atoms with van der Waals surface area (Å²) in [6, 6.07) is 19.0. The summed E-state index contributed by atoms with van der Waals surface area (Å²) in [6.45, 7) is 0. The zero-order chi connectivity index (χ0) is 12.1. The topological polar surface area (TPSA) is 47.6 Å². The van der Waals surface area contributed by atoms with Crippen LogP contribution in [-0.2, 0) is 0 Å². The normalized spacial score (nSPS) is 9.29. The number of hydrogen-bond donors (Lipinski definition) is 0. The van der Waals surface area contributed by atoms with Crippen LogP contribution in [0.4, 0.5) is 0 Å². The van der Waals surface area contributed by atoms with Crippen LogP contribution in [0.25, 0.3) is 0 Å². The molecule has 17 heavy (non-hydrogen) atoms. The van der Waals surface area contributed by atoms with Crippen molar-refractivity contribution >= 4 is 11.8 Å². The molecule has 2 aromatic carbocycles. The van der Waals surface area contributed by atoms with Crippen molar-refractivity contribution < 1.29 is 0 Å². The molecule has 2 nitrogen and oxygen atoms in total. The van der Waals surface area contributed by atoms with Crippen LogP contribution in [-0.4, -0.2) is 0 Å². The number of benzene rings is 2. The van der Waals surface area contributed by atoms with Crippen LogP contribution in [0, 0.1) is 22.7 Å². The molecule has 0 spiro atoms. The van der Waals surface area contributed by atoms with Crippen LogP contribution in [0.3, 0.4) is 0 Å². The van der Waals surface area contributed by atoms with Crippen molar-refractivity contribution in [3.05, 3.63) is 59.7 Å². The van der Waals surface area contributed by atoms with E-state index in [4.69, 9.17) is 10.5 Å². The molecule has 0 bridgehead atoms. The minimum Gasteiger partial charge on any atom is -0.192 e. The molecule has 0 amide bonds. The monoisotopic (exact) mass is 236 g/mol. The fourth-order valence-electron chi connectivity index (χ4n) is 1.33. The SMILES string of the molecule is N#Cc1ccc(Sc2ccc(C#N)cc2)cc1. The molecule has 0 aliphatic rings. The van der Waals surface area contributed by atoms with Gasteiger partial charge in [0.1, 0.15) is 0 Å². The van der Waals surface area contributed by atoms with Crippen molar-refractivity contribution in [2.45, 2.75) is 9.79 Å². The molecule has 0 radical (unpaired) electrons. The van der Waals surface area contributed by atoms with Gasteiger partial charge in [-0.25, -0.2) is 0 Å². The molecule has 0 aromatic heterocycles. The van der Waals surface area contributed by atoms with Gasteiger partial charge in [-0.3, -0.25) is 0 Å². The summed E-state index contributed by atoms with van der Waals surface area (Å²) in [6.07, 6.45) is 0. The Morgan fingerprint density at radius 3 is 1.29 bits per heavy atom.